The second kappa shape index (κ2) is 6.41. The van der Waals surface area contributed by atoms with Gasteiger partial charge in [-0.25, -0.2) is 9.97 Å². The molecule has 0 aliphatic carbocycles. The third-order valence-electron chi connectivity index (χ3n) is 2.56. The maximum absolute atomic E-state index is 4.44. The normalized spacial score (nSPS) is 12.6. The monoisotopic (exact) mass is 325 g/mol. The molecule has 1 atom stereocenters. The van der Waals surface area contributed by atoms with Crippen LogP contribution in [0.15, 0.2) is 28.3 Å². The molecule has 3 nitrogen and oxygen atoms in total. The number of thiophene rings is 1. The average Bonchev–Trinajstić information content (AvgIpc) is 2.78. The molecule has 1 unspecified atom stereocenters. The third-order valence-corrected chi connectivity index (χ3v) is 4.50. The fraction of sp³-hybridized carbons (Fsp3) is 0.385. The van der Waals surface area contributed by atoms with Gasteiger partial charge < -0.3 is 5.32 Å². The average molecular weight is 326 g/mol. The summed E-state index contributed by atoms with van der Waals surface area (Å²) in [6, 6.07) is 2.13. The van der Waals surface area contributed by atoms with Crippen molar-refractivity contribution >= 4 is 27.3 Å². The first-order valence-corrected chi connectivity index (χ1v) is 7.64. The Kier molecular flexibility index (Phi) is 4.86. The van der Waals surface area contributed by atoms with Gasteiger partial charge in [0, 0.05) is 21.7 Å². The summed E-state index contributed by atoms with van der Waals surface area (Å²) in [5.41, 5.74) is 1.08. The van der Waals surface area contributed by atoms with Crippen molar-refractivity contribution in [1.82, 2.24) is 15.3 Å². The molecule has 0 radical (unpaired) electrons. The maximum Gasteiger partial charge on any atom is 0.150 e. The molecule has 0 saturated heterocycles. The molecule has 0 aliphatic rings. The summed E-state index contributed by atoms with van der Waals surface area (Å²) in [7, 11) is 0. The quantitative estimate of drug-likeness (QED) is 0.910. The first-order valence-electron chi connectivity index (χ1n) is 5.97. The predicted octanol–water partition coefficient (Wildman–Crippen LogP) is 3.70. The Bertz CT molecular complexity index is 495. The topological polar surface area (TPSA) is 37.8 Å². The molecule has 1 N–H and O–H groups in total. The van der Waals surface area contributed by atoms with Gasteiger partial charge in [0.2, 0.25) is 0 Å². The largest absolute Gasteiger partial charge is 0.303 e. The van der Waals surface area contributed by atoms with Crippen LogP contribution in [0.5, 0.6) is 0 Å². The number of rotatable bonds is 5. The third kappa shape index (κ3) is 3.16. The van der Waals surface area contributed by atoms with Crippen LogP contribution in [0.2, 0.25) is 0 Å². The first kappa shape index (κ1) is 13.6. The molecule has 5 heteroatoms. The van der Waals surface area contributed by atoms with Crippen LogP contribution in [0.4, 0.5) is 0 Å². The summed E-state index contributed by atoms with van der Waals surface area (Å²) in [5, 5.41) is 5.58. The van der Waals surface area contributed by atoms with Crippen LogP contribution in [0, 0.1) is 6.92 Å². The van der Waals surface area contributed by atoms with Crippen molar-refractivity contribution in [2.24, 2.45) is 0 Å². The Balaban J connectivity index is 2.30. The summed E-state index contributed by atoms with van der Waals surface area (Å²) in [5.74, 6) is 0.831. The van der Waals surface area contributed by atoms with Gasteiger partial charge in [0.1, 0.15) is 6.04 Å². The number of hydrogen-bond acceptors (Lipinski definition) is 4. The highest BCUT2D eigenvalue weighted by Gasteiger charge is 2.19. The predicted molar refractivity (Wildman–Crippen MR) is 78.9 cm³/mol. The van der Waals surface area contributed by atoms with Crippen molar-refractivity contribution in [3.63, 3.8) is 0 Å². The molecule has 18 heavy (non-hydrogen) atoms. The van der Waals surface area contributed by atoms with Crippen molar-refractivity contribution in [2.75, 3.05) is 6.54 Å². The minimum Gasteiger partial charge on any atom is -0.303 e. The molecule has 2 aromatic rings. The Hall–Kier alpha value is -0.780. The fourth-order valence-electron chi connectivity index (χ4n) is 1.65. The van der Waals surface area contributed by atoms with E-state index < -0.39 is 0 Å². The van der Waals surface area contributed by atoms with E-state index in [1.165, 1.54) is 4.88 Å². The molecule has 96 valence electrons. The van der Waals surface area contributed by atoms with Crippen molar-refractivity contribution in [3.8, 4) is 0 Å². The lowest BCUT2D eigenvalue weighted by Gasteiger charge is -2.16. The molecule has 0 fully saturated rings. The second-order valence-electron chi connectivity index (χ2n) is 4.14. The van der Waals surface area contributed by atoms with E-state index in [9.17, 15) is 0 Å². The highest BCUT2D eigenvalue weighted by Crippen LogP contribution is 2.31. The highest BCUT2D eigenvalue weighted by atomic mass is 79.9. The molecule has 2 heterocycles. The zero-order chi connectivity index (χ0) is 13.0. The van der Waals surface area contributed by atoms with Crippen molar-refractivity contribution in [3.05, 3.63) is 44.6 Å². The van der Waals surface area contributed by atoms with Crippen molar-refractivity contribution < 1.29 is 0 Å². The molecule has 2 rings (SSSR count). The standard InChI is InChI=1S/C13H16BrN3S/c1-3-5-15-11(12-10(14)4-6-18-12)13-16-7-9(2)8-17-13/h4,6-8,11,15H,3,5H2,1-2H3. The van der Waals surface area contributed by atoms with Gasteiger partial charge in [0.25, 0.3) is 0 Å². The molecule has 0 spiro atoms. The van der Waals surface area contributed by atoms with E-state index in [1.807, 2.05) is 19.3 Å². The molecule has 0 amide bonds. The molecule has 2 aromatic heterocycles. The summed E-state index contributed by atoms with van der Waals surface area (Å²) < 4.78 is 1.12. The number of nitrogens with one attached hydrogen (secondary N) is 1. The number of halogens is 1. The zero-order valence-electron chi connectivity index (χ0n) is 10.5. The minimum atomic E-state index is 0.0694. The van der Waals surface area contributed by atoms with Crippen LogP contribution in [0.25, 0.3) is 0 Å². The van der Waals surface area contributed by atoms with Crippen LogP contribution in [-0.2, 0) is 0 Å². The Morgan fingerprint density at radius 1 is 1.39 bits per heavy atom. The molecule has 0 aromatic carbocycles. The van der Waals surface area contributed by atoms with Gasteiger partial charge in [-0.1, -0.05) is 6.92 Å². The highest BCUT2D eigenvalue weighted by molar-refractivity contribution is 9.10. The number of aromatic nitrogens is 2. The lowest BCUT2D eigenvalue weighted by Crippen LogP contribution is -2.24. The van der Waals surface area contributed by atoms with E-state index in [1.54, 1.807) is 11.3 Å². The molecule has 0 bridgehead atoms. The Morgan fingerprint density at radius 3 is 2.67 bits per heavy atom. The summed E-state index contributed by atoms with van der Waals surface area (Å²) in [4.78, 5) is 10.1. The number of hydrogen-bond donors (Lipinski definition) is 1. The maximum atomic E-state index is 4.44. The van der Waals surface area contributed by atoms with Crippen molar-refractivity contribution in [2.45, 2.75) is 26.3 Å². The van der Waals surface area contributed by atoms with Gasteiger partial charge in [-0.2, -0.15) is 0 Å². The number of aryl methyl sites for hydroxylation is 1. The van der Waals surface area contributed by atoms with E-state index in [0.29, 0.717) is 0 Å². The van der Waals surface area contributed by atoms with Crippen LogP contribution in [0.1, 0.15) is 35.7 Å². The minimum absolute atomic E-state index is 0.0694. The van der Waals surface area contributed by atoms with Crippen LogP contribution < -0.4 is 5.32 Å². The Labute approximate surface area is 120 Å². The second-order valence-corrected chi connectivity index (χ2v) is 5.94. The molecule has 0 saturated carbocycles. The molecule has 0 aliphatic heterocycles. The first-order chi connectivity index (χ1) is 8.72. The van der Waals surface area contributed by atoms with E-state index in [-0.39, 0.29) is 6.04 Å². The smallest absolute Gasteiger partial charge is 0.150 e. The van der Waals surface area contributed by atoms with Gasteiger partial charge in [-0.05, 0) is 52.8 Å². The SMILES string of the molecule is CCCNC(c1ncc(C)cn1)c1sccc1Br. The Morgan fingerprint density at radius 2 is 2.11 bits per heavy atom. The van der Waals surface area contributed by atoms with Crippen LogP contribution >= 0.6 is 27.3 Å². The fourth-order valence-corrected chi connectivity index (χ4v) is 3.33. The lowest BCUT2D eigenvalue weighted by atomic mass is 10.2. The van der Waals surface area contributed by atoms with Crippen molar-refractivity contribution in [1.29, 1.82) is 0 Å². The summed E-state index contributed by atoms with van der Waals surface area (Å²) in [6.45, 7) is 5.11. The zero-order valence-corrected chi connectivity index (χ0v) is 12.9. The summed E-state index contributed by atoms with van der Waals surface area (Å²) in [6.07, 6.45) is 4.82. The van der Waals surface area contributed by atoms with Gasteiger partial charge >= 0.3 is 0 Å². The van der Waals surface area contributed by atoms with Gasteiger partial charge in [-0.15, -0.1) is 11.3 Å². The van der Waals surface area contributed by atoms with E-state index >= 15 is 0 Å². The van der Waals surface area contributed by atoms with Crippen LogP contribution in [-0.4, -0.2) is 16.5 Å². The van der Waals surface area contributed by atoms with Gasteiger partial charge in [0.05, 0.1) is 0 Å². The van der Waals surface area contributed by atoms with E-state index in [4.69, 9.17) is 0 Å². The molecular weight excluding hydrogens is 310 g/mol. The van der Waals surface area contributed by atoms with Crippen LogP contribution in [0.3, 0.4) is 0 Å². The number of nitrogens with zero attached hydrogens (tertiary/aromatic N) is 2. The lowest BCUT2D eigenvalue weighted by molar-refractivity contribution is 0.577. The van der Waals surface area contributed by atoms with Gasteiger partial charge in [0.15, 0.2) is 5.82 Å². The summed E-state index contributed by atoms with van der Waals surface area (Å²) >= 11 is 5.30. The van der Waals surface area contributed by atoms with E-state index in [0.717, 1.165) is 28.8 Å². The molecular formula is C13H16BrN3S. The van der Waals surface area contributed by atoms with E-state index in [2.05, 4.69) is 49.6 Å². The van der Waals surface area contributed by atoms with Gasteiger partial charge in [-0.3, -0.25) is 0 Å².